The molecule has 3 aromatic carbocycles. The lowest BCUT2D eigenvalue weighted by Gasteiger charge is -2.38. The minimum atomic E-state index is -1.04. The molecule has 2 saturated heterocycles. The third-order valence-corrected chi connectivity index (χ3v) is 11.4. The standard InChI is InChI=1S/C42H42ClN9O6/c1-50(36(54)11-6-18-44-32-10-5-8-27-37(32)41(57)52(40(27)56)33-14-15-35(53)48-39(33)55)24-16-19-51(20-17-24)25-12-13-31(34(21-25)58-2)47-42-46-23-29(43)38(49-42)28-22-45-30-9-4-3-7-26(28)30/h3-5,7-10,12-13,21-24,33,44-45H,6,11,14-20H2,1-2H3,(H,46,47,49)(H,48,53,55). The highest BCUT2D eigenvalue weighted by Crippen LogP contribution is 2.36. The lowest BCUT2D eigenvalue weighted by molar-refractivity contribution is -0.136. The van der Waals surface area contributed by atoms with Gasteiger partial charge in [-0.15, -0.1) is 0 Å². The second-order valence-electron chi connectivity index (χ2n) is 14.6. The van der Waals surface area contributed by atoms with E-state index in [9.17, 15) is 24.0 Å². The summed E-state index contributed by atoms with van der Waals surface area (Å²) in [5.74, 6) is -1.16. The fourth-order valence-corrected chi connectivity index (χ4v) is 8.19. The average molecular weight is 804 g/mol. The summed E-state index contributed by atoms with van der Waals surface area (Å²) in [7, 11) is 3.47. The number of ether oxygens (including phenoxy) is 1. The molecule has 58 heavy (non-hydrogen) atoms. The van der Waals surface area contributed by atoms with Gasteiger partial charge in [0.05, 0.1) is 40.8 Å². The van der Waals surface area contributed by atoms with Gasteiger partial charge < -0.3 is 30.2 Å². The molecule has 0 aliphatic carbocycles. The molecule has 1 atom stereocenters. The van der Waals surface area contributed by atoms with Gasteiger partial charge in [0.2, 0.25) is 23.7 Å². The van der Waals surface area contributed by atoms with Crippen LogP contribution in [0.2, 0.25) is 5.02 Å². The van der Waals surface area contributed by atoms with Crippen LogP contribution in [0.3, 0.4) is 0 Å². The number of imide groups is 2. The minimum Gasteiger partial charge on any atom is -0.494 e. The number of aromatic amines is 1. The number of anilines is 4. The number of piperidine rings is 2. The van der Waals surface area contributed by atoms with Gasteiger partial charge in [0.25, 0.3) is 11.8 Å². The zero-order valence-electron chi connectivity index (χ0n) is 32.0. The van der Waals surface area contributed by atoms with Crippen molar-refractivity contribution in [3.63, 3.8) is 0 Å². The molecule has 1 unspecified atom stereocenters. The molecule has 3 aliphatic rings. The number of hydrogen-bond donors (Lipinski definition) is 4. The van der Waals surface area contributed by atoms with Gasteiger partial charge >= 0.3 is 0 Å². The molecule has 8 rings (SSSR count). The third kappa shape index (κ3) is 7.40. The van der Waals surface area contributed by atoms with E-state index in [0.717, 1.165) is 53.0 Å². The van der Waals surface area contributed by atoms with Crippen molar-refractivity contribution in [1.82, 2.24) is 30.1 Å². The Morgan fingerprint density at radius 2 is 1.79 bits per heavy atom. The van der Waals surface area contributed by atoms with Crippen molar-refractivity contribution in [3.8, 4) is 17.0 Å². The number of hydrogen-bond acceptors (Lipinski definition) is 11. The van der Waals surface area contributed by atoms with Gasteiger partial charge in [-0.25, -0.2) is 9.97 Å². The molecular formula is C42H42ClN9O6. The third-order valence-electron chi connectivity index (χ3n) is 11.1. The maximum absolute atomic E-state index is 13.4. The van der Waals surface area contributed by atoms with Crippen molar-refractivity contribution in [2.24, 2.45) is 0 Å². The van der Waals surface area contributed by atoms with Crippen molar-refractivity contribution in [1.29, 1.82) is 0 Å². The molecule has 15 nitrogen and oxygen atoms in total. The number of halogens is 1. The lowest BCUT2D eigenvalue weighted by Crippen LogP contribution is -2.54. The number of rotatable bonds is 12. The molecule has 0 radical (unpaired) electrons. The van der Waals surface area contributed by atoms with Crippen LogP contribution in [0.4, 0.5) is 23.0 Å². The second kappa shape index (κ2) is 16.2. The first-order chi connectivity index (χ1) is 28.1. The van der Waals surface area contributed by atoms with Crippen molar-refractivity contribution in [3.05, 3.63) is 89.2 Å². The quantitative estimate of drug-likeness (QED) is 0.0891. The van der Waals surface area contributed by atoms with Crippen LogP contribution in [0.15, 0.2) is 73.1 Å². The van der Waals surface area contributed by atoms with E-state index in [2.05, 4.69) is 30.8 Å². The Bertz CT molecular complexity index is 2450. The highest BCUT2D eigenvalue weighted by Gasteiger charge is 2.45. The molecule has 4 N–H and O–H groups in total. The molecule has 5 amide bonds. The van der Waals surface area contributed by atoms with Gasteiger partial charge in [0, 0.05) is 85.7 Å². The molecular weight excluding hydrogens is 762 g/mol. The summed E-state index contributed by atoms with van der Waals surface area (Å²) < 4.78 is 5.78. The van der Waals surface area contributed by atoms with Crippen LogP contribution in [0.1, 0.15) is 59.2 Å². The van der Waals surface area contributed by atoms with Crippen LogP contribution in [-0.4, -0.2) is 100 Å². The highest BCUT2D eigenvalue weighted by molar-refractivity contribution is 6.33. The number of carbonyl (C=O) groups is 5. The first kappa shape index (κ1) is 38.4. The van der Waals surface area contributed by atoms with E-state index in [4.69, 9.17) is 21.3 Å². The topological polar surface area (TPSA) is 182 Å². The van der Waals surface area contributed by atoms with Crippen LogP contribution in [0, 0.1) is 0 Å². The summed E-state index contributed by atoms with van der Waals surface area (Å²) in [6, 6.07) is 17.9. The first-order valence-electron chi connectivity index (χ1n) is 19.2. The smallest absolute Gasteiger partial charge is 0.264 e. The maximum Gasteiger partial charge on any atom is 0.264 e. The van der Waals surface area contributed by atoms with Crippen LogP contribution in [0.5, 0.6) is 5.75 Å². The number of para-hydroxylation sites is 1. The van der Waals surface area contributed by atoms with Gasteiger partial charge in [-0.3, -0.25) is 34.2 Å². The summed E-state index contributed by atoms with van der Waals surface area (Å²) in [6.45, 7) is 1.92. The molecule has 16 heteroatoms. The highest BCUT2D eigenvalue weighted by atomic mass is 35.5. The number of nitrogens with zero attached hydrogens (tertiary/aromatic N) is 5. The predicted molar refractivity (Wildman–Crippen MR) is 219 cm³/mol. The molecule has 2 fully saturated rings. The molecule has 0 saturated carbocycles. The number of aromatic nitrogens is 3. The zero-order chi connectivity index (χ0) is 40.5. The Morgan fingerprint density at radius 1 is 0.983 bits per heavy atom. The largest absolute Gasteiger partial charge is 0.494 e. The van der Waals surface area contributed by atoms with Crippen LogP contribution < -0.4 is 25.6 Å². The van der Waals surface area contributed by atoms with E-state index in [1.54, 1.807) is 31.5 Å². The van der Waals surface area contributed by atoms with E-state index >= 15 is 0 Å². The van der Waals surface area contributed by atoms with E-state index in [1.807, 2.05) is 60.6 Å². The van der Waals surface area contributed by atoms with Crippen LogP contribution in [0.25, 0.3) is 22.2 Å². The summed E-state index contributed by atoms with van der Waals surface area (Å²) in [5.41, 5.74) is 5.07. The molecule has 5 aromatic rings. The Kier molecular flexibility index (Phi) is 10.7. The Balaban J connectivity index is 0.829. The van der Waals surface area contributed by atoms with Crippen LogP contribution >= 0.6 is 11.6 Å². The van der Waals surface area contributed by atoms with Gasteiger partial charge in [0.1, 0.15) is 11.8 Å². The summed E-state index contributed by atoms with van der Waals surface area (Å²) in [4.78, 5) is 81.4. The van der Waals surface area contributed by atoms with Gasteiger partial charge in [-0.1, -0.05) is 35.9 Å². The Labute approximate surface area is 339 Å². The van der Waals surface area contributed by atoms with Crippen molar-refractivity contribution in [2.75, 3.05) is 49.3 Å². The van der Waals surface area contributed by atoms with Gasteiger partial charge in [0.15, 0.2) is 0 Å². The molecule has 5 heterocycles. The number of benzene rings is 3. The number of H-pyrrole nitrogens is 1. The summed E-state index contributed by atoms with van der Waals surface area (Å²) >= 11 is 6.55. The first-order valence-corrected chi connectivity index (χ1v) is 19.6. The number of methoxy groups -OCH3 is 1. The van der Waals surface area contributed by atoms with Crippen molar-refractivity contribution < 1.29 is 28.7 Å². The summed E-state index contributed by atoms with van der Waals surface area (Å²) in [6.07, 6.45) is 6.03. The molecule has 3 aliphatic heterocycles. The monoisotopic (exact) mass is 803 g/mol. The fourth-order valence-electron chi connectivity index (χ4n) is 8.00. The maximum atomic E-state index is 13.4. The van der Waals surface area contributed by atoms with Gasteiger partial charge in [-0.05, 0) is 56.0 Å². The second-order valence-corrected chi connectivity index (χ2v) is 15.0. The molecule has 298 valence electrons. The average Bonchev–Trinajstić information content (AvgIpc) is 3.78. The Hall–Kier alpha value is -6.48. The van der Waals surface area contributed by atoms with Crippen molar-refractivity contribution in [2.45, 2.75) is 50.6 Å². The van der Waals surface area contributed by atoms with E-state index in [0.29, 0.717) is 53.2 Å². The van der Waals surface area contributed by atoms with E-state index in [1.165, 1.54) is 0 Å². The lowest BCUT2D eigenvalue weighted by atomic mass is 10.0. The van der Waals surface area contributed by atoms with E-state index in [-0.39, 0.29) is 35.9 Å². The predicted octanol–water partition coefficient (Wildman–Crippen LogP) is 5.75. The van der Waals surface area contributed by atoms with Crippen molar-refractivity contribution >= 4 is 75.1 Å². The van der Waals surface area contributed by atoms with E-state index < -0.39 is 29.7 Å². The SMILES string of the molecule is COc1cc(N2CCC(N(C)C(=O)CCCNc3cccc4c3C(=O)N(C3CCC(=O)NC3=O)C4=O)CC2)ccc1Nc1ncc(Cl)c(-c2c[nH]c3ccccc23)n1. The number of nitrogens with one attached hydrogen (secondary N) is 4. The number of amides is 5. The molecule has 0 bridgehead atoms. The van der Waals surface area contributed by atoms with Crippen LogP contribution in [-0.2, 0) is 14.4 Å². The molecule has 0 spiro atoms. The normalized spacial score (nSPS) is 17.1. The fraction of sp³-hybridized carbons (Fsp3) is 0.310. The number of fused-ring (bicyclic) bond motifs is 2. The summed E-state index contributed by atoms with van der Waals surface area (Å²) in [5, 5.41) is 10.2. The number of carbonyl (C=O) groups excluding carboxylic acids is 5. The molecule has 2 aromatic heterocycles. The minimum absolute atomic E-state index is 0.0307. The Morgan fingerprint density at radius 3 is 2.59 bits per heavy atom. The zero-order valence-corrected chi connectivity index (χ0v) is 32.8. The van der Waals surface area contributed by atoms with Gasteiger partial charge in [-0.2, -0.15) is 0 Å².